The summed E-state index contributed by atoms with van der Waals surface area (Å²) in [5.41, 5.74) is 1.10. The van der Waals surface area contributed by atoms with Crippen LogP contribution in [0.4, 0.5) is 5.69 Å². The van der Waals surface area contributed by atoms with Crippen molar-refractivity contribution in [3.8, 4) is 0 Å². The van der Waals surface area contributed by atoms with E-state index < -0.39 is 9.84 Å². The SMILES string of the molecule is CC1CCN(c2ccc(S(C)(=O)=O)cc2)CC1Br. The molecule has 2 rings (SSSR count). The maximum atomic E-state index is 11.4. The molecule has 100 valence electrons. The molecule has 0 N–H and O–H groups in total. The van der Waals surface area contributed by atoms with Gasteiger partial charge in [0.05, 0.1) is 4.90 Å². The van der Waals surface area contributed by atoms with Crippen molar-refractivity contribution in [2.24, 2.45) is 5.92 Å². The Balaban J connectivity index is 2.16. The lowest BCUT2D eigenvalue weighted by atomic mass is 9.98. The van der Waals surface area contributed by atoms with Gasteiger partial charge >= 0.3 is 0 Å². The van der Waals surface area contributed by atoms with Gasteiger partial charge in [-0.25, -0.2) is 8.42 Å². The Morgan fingerprint density at radius 2 is 1.89 bits per heavy atom. The Hall–Kier alpha value is -0.550. The standard InChI is InChI=1S/C13H18BrNO2S/c1-10-7-8-15(9-13(10)14)11-3-5-12(6-4-11)18(2,16)17/h3-6,10,13H,7-9H2,1-2H3. The molecule has 5 heteroatoms. The fourth-order valence-electron chi connectivity index (χ4n) is 2.16. The third-order valence-corrected chi connectivity index (χ3v) is 5.82. The van der Waals surface area contributed by atoms with Gasteiger partial charge in [0.1, 0.15) is 0 Å². The Morgan fingerprint density at radius 3 is 2.39 bits per heavy atom. The van der Waals surface area contributed by atoms with Crippen LogP contribution in [0, 0.1) is 5.92 Å². The first kappa shape index (κ1) is 13.9. The number of piperidine rings is 1. The summed E-state index contributed by atoms with van der Waals surface area (Å²) in [4.78, 5) is 3.18. The van der Waals surface area contributed by atoms with Crippen LogP contribution in [0.2, 0.25) is 0 Å². The van der Waals surface area contributed by atoms with Crippen molar-refractivity contribution in [3.05, 3.63) is 24.3 Å². The zero-order chi connectivity index (χ0) is 13.3. The molecular weight excluding hydrogens is 314 g/mol. The highest BCUT2D eigenvalue weighted by atomic mass is 79.9. The maximum Gasteiger partial charge on any atom is 0.175 e. The van der Waals surface area contributed by atoms with Gasteiger partial charge in [-0.15, -0.1) is 0 Å². The molecule has 0 aliphatic carbocycles. The fourth-order valence-corrected chi connectivity index (χ4v) is 3.41. The van der Waals surface area contributed by atoms with Gasteiger partial charge in [-0.2, -0.15) is 0 Å². The Bertz CT molecular complexity index is 512. The predicted octanol–water partition coefficient (Wildman–Crippen LogP) is 2.70. The van der Waals surface area contributed by atoms with Gasteiger partial charge in [-0.1, -0.05) is 22.9 Å². The molecule has 1 fully saturated rings. The minimum absolute atomic E-state index is 0.381. The van der Waals surface area contributed by atoms with E-state index in [9.17, 15) is 8.42 Å². The van der Waals surface area contributed by atoms with E-state index in [2.05, 4.69) is 27.8 Å². The lowest BCUT2D eigenvalue weighted by Gasteiger charge is -2.35. The third kappa shape index (κ3) is 3.06. The molecule has 1 saturated heterocycles. The van der Waals surface area contributed by atoms with Crippen LogP contribution in [0.25, 0.3) is 0 Å². The van der Waals surface area contributed by atoms with Gasteiger partial charge in [0.15, 0.2) is 9.84 Å². The number of hydrogen-bond donors (Lipinski definition) is 0. The highest BCUT2D eigenvalue weighted by Crippen LogP contribution is 2.27. The molecule has 0 amide bonds. The van der Waals surface area contributed by atoms with Crippen molar-refractivity contribution in [3.63, 3.8) is 0 Å². The second-order valence-corrected chi connectivity index (χ2v) is 8.19. The molecule has 1 aromatic carbocycles. The van der Waals surface area contributed by atoms with Crippen molar-refractivity contribution >= 4 is 31.5 Å². The Morgan fingerprint density at radius 1 is 1.28 bits per heavy atom. The summed E-state index contributed by atoms with van der Waals surface area (Å²) in [5.74, 6) is 0.691. The molecule has 0 spiro atoms. The van der Waals surface area contributed by atoms with E-state index in [0.717, 1.165) is 25.2 Å². The number of benzene rings is 1. The Kier molecular flexibility index (Phi) is 4.02. The molecule has 1 aliphatic rings. The van der Waals surface area contributed by atoms with Crippen molar-refractivity contribution in [1.82, 2.24) is 0 Å². The summed E-state index contributed by atoms with van der Waals surface area (Å²) in [6.07, 6.45) is 2.39. The third-order valence-electron chi connectivity index (χ3n) is 3.50. The molecule has 3 nitrogen and oxygen atoms in total. The molecular formula is C13H18BrNO2S. The molecule has 2 unspecified atom stereocenters. The number of nitrogens with zero attached hydrogens (tertiary/aromatic N) is 1. The van der Waals surface area contributed by atoms with Crippen LogP contribution < -0.4 is 4.90 Å². The summed E-state index contributed by atoms with van der Waals surface area (Å²) in [5, 5.41) is 0. The number of alkyl halides is 1. The minimum atomic E-state index is -3.10. The van der Waals surface area contributed by atoms with Crippen LogP contribution in [0.5, 0.6) is 0 Å². The first-order valence-electron chi connectivity index (χ1n) is 6.07. The van der Waals surface area contributed by atoms with Crippen LogP contribution in [-0.4, -0.2) is 32.6 Å². The zero-order valence-corrected chi connectivity index (χ0v) is 13.0. The first-order chi connectivity index (χ1) is 8.38. The fraction of sp³-hybridized carbons (Fsp3) is 0.538. The molecule has 1 aromatic rings. The summed E-state index contributed by atoms with van der Waals surface area (Å²) >= 11 is 3.70. The average molecular weight is 332 g/mol. The topological polar surface area (TPSA) is 37.4 Å². The molecule has 0 bridgehead atoms. The highest BCUT2D eigenvalue weighted by Gasteiger charge is 2.24. The van der Waals surface area contributed by atoms with Crippen LogP contribution >= 0.6 is 15.9 Å². The maximum absolute atomic E-state index is 11.4. The van der Waals surface area contributed by atoms with Gasteiger partial charge in [0.2, 0.25) is 0 Å². The summed E-state index contributed by atoms with van der Waals surface area (Å²) in [6.45, 7) is 4.25. The van der Waals surface area contributed by atoms with E-state index in [-0.39, 0.29) is 0 Å². The zero-order valence-electron chi connectivity index (χ0n) is 10.6. The Labute approximate surface area is 117 Å². The van der Waals surface area contributed by atoms with Gasteiger partial charge in [-0.3, -0.25) is 0 Å². The first-order valence-corrected chi connectivity index (χ1v) is 8.88. The van der Waals surface area contributed by atoms with Crippen molar-refractivity contribution in [1.29, 1.82) is 0 Å². The van der Waals surface area contributed by atoms with Crippen LogP contribution in [-0.2, 0) is 9.84 Å². The number of rotatable bonds is 2. The van der Waals surface area contributed by atoms with E-state index in [4.69, 9.17) is 0 Å². The summed E-state index contributed by atoms with van der Waals surface area (Å²) in [6, 6.07) is 7.16. The van der Waals surface area contributed by atoms with Crippen LogP contribution in [0.15, 0.2) is 29.2 Å². The normalized spacial score (nSPS) is 25.2. The second kappa shape index (κ2) is 5.21. The van der Waals surface area contributed by atoms with Gasteiger partial charge in [0, 0.05) is 29.9 Å². The van der Waals surface area contributed by atoms with Crippen LogP contribution in [0.1, 0.15) is 13.3 Å². The molecule has 0 saturated carbocycles. The average Bonchev–Trinajstić information content (AvgIpc) is 2.32. The smallest absolute Gasteiger partial charge is 0.175 e. The van der Waals surface area contributed by atoms with Gasteiger partial charge in [0.25, 0.3) is 0 Å². The van der Waals surface area contributed by atoms with E-state index in [1.807, 2.05) is 12.1 Å². The van der Waals surface area contributed by atoms with E-state index in [0.29, 0.717) is 15.6 Å². The lowest BCUT2D eigenvalue weighted by Crippen LogP contribution is -2.40. The van der Waals surface area contributed by atoms with Crippen molar-refractivity contribution in [2.75, 3.05) is 24.2 Å². The molecule has 1 heterocycles. The van der Waals surface area contributed by atoms with Crippen LogP contribution in [0.3, 0.4) is 0 Å². The largest absolute Gasteiger partial charge is 0.370 e. The minimum Gasteiger partial charge on any atom is -0.370 e. The van der Waals surface area contributed by atoms with Gasteiger partial charge < -0.3 is 4.90 Å². The van der Waals surface area contributed by atoms with Crippen molar-refractivity contribution in [2.45, 2.75) is 23.1 Å². The second-order valence-electron chi connectivity index (χ2n) is 4.99. The lowest BCUT2D eigenvalue weighted by molar-refractivity contribution is 0.456. The predicted molar refractivity (Wildman–Crippen MR) is 78.3 cm³/mol. The molecule has 0 radical (unpaired) electrons. The van der Waals surface area contributed by atoms with Crippen molar-refractivity contribution < 1.29 is 8.42 Å². The molecule has 0 aromatic heterocycles. The number of sulfone groups is 1. The van der Waals surface area contributed by atoms with E-state index >= 15 is 0 Å². The van der Waals surface area contributed by atoms with E-state index in [1.165, 1.54) is 6.26 Å². The highest BCUT2D eigenvalue weighted by molar-refractivity contribution is 9.09. The summed E-state index contributed by atoms with van der Waals surface area (Å²) < 4.78 is 22.8. The van der Waals surface area contributed by atoms with E-state index in [1.54, 1.807) is 12.1 Å². The number of halogens is 1. The monoisotopic (exact) mass is 331 g/mol. The van der Waals surface area contributed by atoms with Gasteiger partial charge in [-0.05, 0) is 36.6 Å². The quantitative estimate of drug-likeness (QED) is 0.782. The number of anilines is 1. The summed E-state index contributed by atoms with van der Waals surface area (Å²) in [7, 11) is -3.10. The molecule has 2 atom stereocenters. The molecule has 1 aliphatic heterocycles. The molecule has 18 heavy (non-hydrogen) atoms. The number of hydrogen-bond acceptors (Lipinski definition) is 3.